The molecule has 0 spiro atoms. The van der Waals surface area contributed by atoms with Gasteiger partial charge in [-0.15, -0.1) is 11.8 Å². The zero-order valence-corrected chi connectivity index (χ0v) is 8.89. The first-order chi connectivity index (χ1) is 7.16. The summed E-state index contributed by atoms with van der Waals surface area (Å²) in [6.07, 6.45) is 1.42. The number of thioether (sulfide) groups is 1. The third-order valence-electron chi connectivity index (χ3n) is 2.48. The molecule has 0 amide bonds. The van der Waals surface area contributed by atoms with Crippen LogP contribution >= 0.6 is 11.8 Å². The van der Waals surface area contributed by atoms with Crippen LogP contribution in [0, 0.1) is 5.82 Å². The summed E-state index contributed by atoms with van der Waals surface area (Å²) in [4.78, 5) is 11.4. The molecule has 0 saturated heterocycles. The molecule has 0 aromatic heterocycles. The van der Waals surface area contributed by atoms with Gasteiger partial charge in [0.25, 0.3) is 0 Å². The standard InChI is InChI=1S/C11H11FO2S/c12-9-2-1-3-10-8(9)6-7(15-10)4-5-11(13)14/h1-3,7H,4-6H2,(H,13,14). The third-order valence-corrected chi connectivity index (χ3v) is 3.85. The van der Waals surface area contributed by atoms with Gasteiger partial charge in [0.2, 0.25) is 0 Å². The van der Waals surface area contributed by atoms with Crippen LogP contribution in [0.3, 0.4) is 0 Å². The first kappa shape index (κ1) is 10.5. The van der Waals surface area contributed by atoms with Gasteiger partial charge in [0.1, 0.15) is 5.82 Å². The number of fused-ring (bicyclic) bond motifs is 1. The second-order valence-corrected chi connectivity index (χ2v) is 4.94. The molecule has 2 rings (SSSR count). The maximum Gasteiger partial charge on any atom is 0.303 e. The number of carbonyl (C=O) groups is 1. The molecule has 1 atom stereocenters. The van der Waals surface area contributed by atoms with Crippen LogP contribution in [0.25, 0.3) is 0 Å². The topological polar surface area (TPSA) is 37.3 Å². The van der Waals surface area contributed by atoms with Crippen molar-refractivity contribution in [3.8, 4) is 0 Å². The van der Waals surface area contributed by atoms with E-state index < -0.39 is 5.97 Å². The fourth-order valence-electron chi connectivity index (χ4n) is 1.74. The maximum atomic E-state index is 13.3. The lowest BCUT2D eigenvalue weighted by molar-refractivity contribution is -0.137. The minimum absolute atomic E-state index is 0.160. The Hall–Kier alpha value is -1.03. The minimum Gasteiger partial charge on any atom is -0.481 e. The van der Waals surface area contributed by atoms with Gasteiger partial charge in [-0.2, -0.15) is 0 Å². The summed E-state index contributed by atoms with van der Waals surface area (Å²) in [5.41, 5.74) is 0.748. The fraction of sp³-hybridized carbons (Fsp3) is 0.364. The van der Waals surface area contributed by atoms with Crippen LogP contribution < -0.4 is 0 Å². The molecule has 1 aliphatic rings. The van der Waals surface area contributed by atoms with Crippen molar-refractivity contribution in [3.05, 3.63) is 29.6 Å². The molecule has 0 aliphatic carbocycles. The van der Waals surface area contributed by atoms with Crippen molar-refractivity contribution in [3.63, 3.8) is 0 Å². The van der Waals surface area contributed by atoms with Crippen LogP contribution in [-0.2, 0) is 11.2 Å². The third kappa shape index (κ3) is 2.31. The highest BCUT2D eigenvalue weighted by Crippen LogP contribution is 2.39. The summed E-state index contributed by atoms with van der Waals surface area (Å²) in [5, 5.41) is 8.78. The van der Waals surface area contributed by atoms with E-state index in [1.807, 2.05) is 6.07 Å². The summed E-state index contributed by atoms with van der Waals surface area (Å²) in [5.74, 6) is -0.954. The summed E-state index contributed by atoms with van der Waals surface area (Å²) >= 11 is 1.59. The van der Waals surface area contributed by atoms with Crippen molar-refractivity contribution in [2.24, 2.45) is 0 Å². The molecule has 1 heterocycles. The lowest BCUT2D eigenvalue weighted by Crippen LogP contribution is -2.05. The molecule has 0 fully saturated rings. The number of hydrogen-bond donors (Lipinski definition) is 1. The average molecular weight is 226 g/mol. The second kappa shape index (κ2) is 4.23. The molecule has 1 aromatic rings. The lowest BCUT2D eigenvalue weighted by atomic mass is 10.1. The zero-order valence-electron chi connectivity index (χ0n) is 8.07. The van der Waals surface area contributed by atoms with E-state index in [1.165, 1.54) is 6.07 Å². The lowest BCUT2D eigenvalue weighted by Gasteiger charge is -2.04. The summed E-state index contributed by atoms with van der Waals surface area (Å²) in [7, 11) is 0. The predicted molar refractivity (Wildman–Crippen MR) is 56.6 cm³/mol. The van der Waals surface area contributed by atoms with E-state index >= 15 is 0 Å². The molecule has 4 heteroatoms. The quantitative estimate of drug-likeness (QED) is 0.861. The zero-order chi connectivity index (χ0) is 10.8. The Balaban J connectivity index is 2.03. The van der Waals surface area contributed by atoms with Gasteiger partial charge in [0.05, 0.1) is 0 Å². The Bertz CT molecular complexity index is 392. The number of carboxylic acid groups (broad SMARTS) is 1. The number of benzene rings is 1. The Morgan fingerprint density at radius 3 is 3.07 bits per heavy atom. The number of aliphatic carboxylic acids is 1. The largest absolute Gasteiger partial charge is 0.481 e. The second-order valence-electron chi connectivity index (χ2n) is 3.59. The average Bonchev–Trinajstić information content (AvgIpc) is 2.59. The first-order valence-electron chi connectivity index (χ1n) is 4.82. The number of halogens is 1. The van der Waals surface area contributed by atoms with Crippen molar-refractivity contribution in [2.45, 2.75) is 29.4 Å². The van der Waals surface area contributed by atoms with Gasteiger partial charge in [-0.3, -0.25) is 4.79 Å². The fourth-order valence-corrected chi connectivity index (χ4v) is 3.07. The van der Waals surface area contributed by atoms with Gasteiger partial charge >= 0.3 is 5.97 Å². The van der Waals surface area contributed by atoms with Gasteiger partial charge in [0, 0.05) is 22.1 Å². The van der Waals surface area contributed by atoms with Crippen molar-refractivity contribution in [1.82, 2.24) is 0 Å². The van der Waals surface area contributed by atoms with Crippen LogP contribution in [-0.4, -0.2) is 16.3 Å². The SMILES string of the molecule is O=C(O)CCC1Cc2c(F)cccc2S1. The van der Waals surface area contributed by atoms with Crippen LogP contribution in [0.1, 0.15) is 18.4 Å². The van der Waals surface area contributed by atoms with Crippen LogP contribution in [0.4, 0.5) is 4.39 Å². The molecule has 15 heavy (non-hydrogen) atoms. The van der Waals surface area contributed by atoms with E-state index in [0.717, 1.165) is 10.5 Å². The van der Waals surface area contributed by atoms with Gasteiger partial charge in [0.15, 0.2) is 0 Å². The maximum absolute atomic E-state index is 13.3. The van der Waals surface area contributed by atoms with Gasteiger partial charge in [-0.05, 0) is 25.0 Å². The summed E-state index contributed by atoms with van der Waals surface area (Å²) in [6, 6.07) is 5.05. The van der Waals surface area contributed by atoms with Crippen LogP contribution in [0.2, 0.25) is 0 Å². The number of carboxylic acids is 1. The van der Waals surface area contributed by atoms with E-state index in [-0.39, 0.29) is 17.5 Å². The van der Waals surface area contributed by atoms with Gasteiger partial charge < -0.3 is 5.11 Å². The highest BCUT2D eigenvalue weighted by atomic mass is 32.2. The normalized spacial score (nSPS) is 18.9. The molecule has 1 N–H and O–H groups in total. The van der Waals surface area contributed by atoms with E-state index in [0.29, 0.717) is 12.8 Å². The minimum atomic E-state index is -0.785. The molecular formula is C11H11FO2S. The highest BCUT2D eigenvalue weighted by Gasteiger charge is 2.24. The molecule has 0 saturated carbocycles. The van der Waals surface area contributed by atoms with E-state index in [1.54, 1.807) is 17.8 Å². The van der Waals surface area contributed by atoms with Crippen molar-refractivity contribution in [1.29, 1.82) is 0 Å². The Morgan fingerprint density at radius 2 is 2.40 bits per heavy atom. The molecule has 1 aromatic carbocycles. The Morgan fingerprint density at radius 1 is 1.60 bits per heavy atom. The Kier molecular flexibility index (Phi) is 2.95. The van der Waals surface area contributed by atoms with Crippen molar-refractivity contribution >= 4 is 17.7 Å². The van der Waals surface area contributed by atoms with Crippen molar-refractivity contribution in [2.75, 3.05) is 0 Å². The number of rotatable bonds is 3. The molecular weight excluding hydrogens is 215 g/mol. The highest BCUT2D eigenvalue weighted by molar-refractivity contribution is 8.00. The Labute approximate surface area is 91.5 Å². The van der Waals surface area contributed by atoms with E-state index in [2.05, 4.69) is 0 Å². The predicted octanol–water partition coefficient (Wildman–Crippen LogP) is 2.71. The molecule has 1 unspecified atom stereocenters. The smallest absolute Gasteiger partial charge is 0.303 e. The van der Waals surface area contributed by atoms with E-state index in [4.69, 9.17) is 5.11 Å². The molecule has 2 nitrogen and oxygen atoms in total. The summed E-state index contributed by atoms with van der Waals surface area (Å²) in [6.45, 7) is 0. The number of hydrogen-bond acceptors (Lipinski definition) is 2. The monoisotopic (exact) mass is 226 g/mol. The molecule has 80 valence electrons. The molecule has 0 radical (unpaired) electrons. The van der Waals surface area contributed by atoms with E-state index in [9.17, 15) is 9.18 Å². The summed E-state index contributed by atoms with van der Waals surface area (Å²) < 4.78 is 13.3. The first-order valence-corrected chi connectivity index (χ1v) is 5.70. The van der Waals surface area contributed by atoms with Crippen molar-refractivity contribution < 1.29 is 14.3 Å². The molecule has 0 bridgehead atoms. The van der Waals surface area contributed by atoms with Crippen LogP contribution in [0.5, 0.6) is 0 Å². The van der Waals surface area contributed by atoms with Gasteiger partial charge in [-0.1, -0.05) is 6.07 Å². The molecule has 1 aliphatic heterocycles. The van der Waals surface area contributed by atoms with Gasteiger partial charge in [-0.25, -0.2) is 4.39 Å². The van der Waals surface area contributed by atoms with Crippen LogP contribution in [0.15, 0.2) is 23.1 Å².